The van der Waals surface area contributed by atoms with Crippen LogP contribution in [0.25, 0.3) is 0 Å². The molecule has 19 heavy (non-hydrogen) atoms. The molecule has 0 saturated heterocycles. The van der Waals surface area contributed by atoms with E-state index in [1.54, 1.807) is 6.07 Å². The van der Waals surface area contributed by atoms with E-state index in [4.69, 9.17) is 11.6 Å². The Morgan fingerprint density at radius 1 is 1.11 bits per heavy atom. The molecule has 108 valence electrons. The molecule has 0 spiro atoms. The summed E-state index contributed by atoms with van der Waals surface area (Å²) < 4.78 is 0. The summed E-state index contributed by atoms with van der Waals surface area (Å²) in [6, 6.07) is 5.90. The van der Waals surface area contributed by atoms with Crippen LogP contribution in [-0.2, 0) is 6.54 Å². The van der Waals surface area contributed by atoms with Gasteiger partial charge < -0.3 is 10.4 Å². The van der Waals surface area contributed by atoms with Gasteiger partial charge in [0.25, 0.3) is 0 Å². The lowest BCUT2D eigenvalue weighted by Crippen LogP contribution is -2.31. The van der Waals surface area contributed by atoms with E-state index in [0.717, 1.165) is 18.4 Å². The maximum Gasteiger partial charge on any atom is 0.134 e. The molecule has 2 N–H and O–H groups in total. The quantitative estimate of drug-likeness (QED) is 0.767. The van der Waals surface area contributed by atoms with Crippen molar-refractivity contribution in [2.24, 2.45) is 11.8 Å². The van der Waals surface area contributed by atoms with Gasteiger partial charge in [-0.1, -0.05) is 51.4 Å². The van der Waals surface area contributed by atoms with Crippen LogP contribution in [0.4, 0.5) is 0 Å². The van der Waals surface area contributed by atoms with Gasteiger partial charge in [-0.05, 0) is 36.3 Å². The van der Waals surface area contributed by atoms with Crippen LogP contribution in [0.2, 0.25) is 5.02 Å². The largest absolute Gasteiger partial charge is 0.506 e. The Hall–Kier alpha value is -0.730. The Balaban J connectivity index is 2.62. The van der Waals surface area contributed by atoms with Crippen molar-refractivity contribution < 1.29 is 5.11 Å². The Morgan fingerprint density at radius 3 is 2.21 bits per heavy atom. The smallest absolute Gasteiger partial charge is 0.134 e. The maximum atomic E-state index is 9.60. The van der Waals surface area contributed by atoms with Crippen LogP contribution >= 0.6 is 11.6 Å². The van der Waals surface area contributed by atoms with Crippen molar-refractivity contribution in [2.45, 2.75) is 53.1 Å². The third kappa shape index (κ3) is 5.84. The molecule has 0 radical (unpaired) electrons. The average molecular weight is 284 g/mol. The minimum atomic E-state index is 0.158. The number of hydrogen-bond acceptors (Lipinski definition) is 2. The van der Waals surface area contributed by atoms with Crippen LogP contribution < -0.4 is 5.32 Å². The normalized spacial score (nSPS) is 11.8. The van der Waals surface area contributed by atoms with Crippen molar-refractivity contribution >= 4 is 11.6 Å². The summed E-state index contributed by atoms with van der Waals surface area (Å²) in [5, 5.41) is 13.6. The van der Waals surface area contributed by atoms with E-state index in [2.05, 4.69) is 33.0 Å². The van der Waals surface area contributed by atoms with Crippen LogP contribution in [0.15, 0.2) is 18.2 Å². The highest BCUT2D eigenvalue weighted by molar-refractivity contribution is 6.32. The summed E-state index contributed by atoms with van der Waals surface area (Å²) in [5.74, 6) is 1.51. The van der Waals surface area contributed by atoms with Gasteiger partial charge in [0.05, 0.1) is 5.02 Å². The van der Waals surface area contributed by atoms with Gasteiger partial charge in [0, 0.05) is 12.6 Å². The summed E-state index contributed by atoms with van der Waals surface area (Å²) >= 11 is 6.10. The zero-order valence-electron chi connectivity index (χ0n) is 12.4. The molecule has 1 rings (SSSR count). The van der Waals surface area contributed by atoms with Crippen LogP contribution in [0, 0.1) is 11.8 Å². The molecule has 2 nitrogen and oxygen atoms in total. The molecule has 0 aliphatic heterocycles. The van der Waals surface area contributed by atoms with Gasteiger partial charge in [-0.15, -0.1) is 0 Å². The van der Waals surface area contributed by atoms with Crippen molar-refractivity contribution in [3.05, 3.63) is 28.8 Å². The van der Waals surface area contributed by atoms with E-state index in [1.807, 2.05) is 12.1 Å². The third-order valence-electron chi connectivity index (χ3n) is 3.15. The first-order valence-electron chi connectivity index (χ1n) is 7.09. The van der Waals surface area contributed by atoms with Crippen molar-refractivity contribution in [1.82, 2.24) is 5.32 Å². The van der Waals surface area contributed by atoms with Crippen molar-refractivity contribution in [3.8, 4) is 5.75 Å². The molecule has 0 bridgehead atoms. The highest BCUT2D eigenvalue weighted by Crippen LogP contribution is 2.26. The SMILES string of the molecule is CC(C)CC(CC(C)C)NCc1cccc(O)c1Cl. The number of benzene rings is 1. The molecule has 0 heterocycles. The highest BCUT2D eigenvalue weighted by atomic mass is 35.5. The fraction of sp³-hybridized carbons (Fsp3) is 0.625. The second-order valence-electron chi connectivity index (χ2n) is 6.09. The Morgan fingerprint density at radius 2 is 1.68 bits per heavy atom. The van der Waals surface area contributed by atoms with Crippen LogP contribution in [-0.4, -0.2) is 11.1 Å². The van der Waals surface area contributed by atoms with Gasteiger partial charge >= 0.3 is 0 Å². The number of phenolic OH excluding ortho intramolecular Hbond substituents is 1. The standard InChI is InChI=1S/C16H26ClNO/c1-11(2)8-14(9-12(3)4)18-10-13-6-5-7-15(19)16(13)17/h5-7,11-12,14,18-19H,8-10H2,1-4H3. The lowest BCUT2D eigenvalue weighted by atomic mass is 9.95. The molecule has 0 unspecified atom stereocenters. The first-order valence-corrected chi connectivity index (χ1v) is 7.47. The van der Waals surface area contributed by atoms with Crippen LogP contribution in [0.3, 0.4) is 0 Å². The number of nitrogens with one attached hydrogen (secondary N) is 1. The number of halogens is 1. The molecule has 0 amide bonds. The molecule has 0 atom stereocenters. The van der Waals surface area contributed by atoms with Crippen molar-refractivity contribution in [3.63, 3.8) is 0 Å². The monoisotopic (exact) mass is 283 g/mol. The van der Waals surface area contributed by atoms with Crippen LogP contribution in [0.1, 0.15) is 46.1 Å². The summed E-state index contributed by atoms with van der Waals surface area (Å²) in [6.07, 6.45) is 2.32. The van der Waals surface area contributed by atoms with E-state index < -0.39 is 0 Å². The second-order valence-corrected chi connectivity index (χ2v) is 6.47. The average Bonchev–Trinajstić information content (AvgIpc) is 2.29. The fourth-order valence-electron chi connectivity index (χ4n) is 2.36. The van der Waals surface area contributed by atoms with E-state index in [0.29, 0.717) is 29.4 Å². The van der Waals surface area contributed by atoms with Gasteiger partial charge in [0.1, 0.15) is 5.75 Å². The molecular formula is C16H26ClNO. The van der Waals surface area contributed by atoms with Crippen molar-refractivity contribution in [2.75, 3.05) is 0 Å². The molecule has 0 saturated carbocycles. The minimum Gasteiger partial charge on any atom is -0.506 e. The lowest BCUT2D eigenvalue weighted by Gasteiger charge is -2.23. The molecule has 1 aromatic carbocycles. The van der Waals surface area contributed by atoms with Gasteiger partial charge in [-0.25, -0.2) is 0 Å². The highest BCUT2D eigenvalue weighted by Gasteiger charge is 2.13. The van der Waals surface area contributed by atoms with E-state index >= 15 is 0 Å². The van der Waals surface area contributed by atoms with E-state index in [1.165, 1.54) is 0 Å². The molecule has 0 aliphatic carbocycles. The number of aromatic hydroxyl groups is 1. The number of phenols is 1. The number of hydrogen-bond donors (Lipinski definition) is 2. The third-order valence-corrected chi connectivity index (χ3v) is 3.59. The second kappa shape index (κ2) is 7.76. The summed E-state index contributed by atoms with van der Waals surface area (Å²) in [5.41, 5.74) is 0.958. The van der Waals surface area contributed by atoms with Crippen LogP contribution in [0.5, 0.6) is 5.75 Å². The van der Waals surface area contributed by atoms with Gasteiger partial charge in [-0.2, -0.15) is 0 Å². The molecular weight excluding hydrogens is 258 g/mol. The van der Waals surface area contributed by atoms with E-state index in [-0.39, 0.29) is 5.75 Å². The molecule has 3 heteroatoms. The Bertz CT molecular complexity index is 380. The summed E-state index contributed by atoms with van der Waals surface area (Å²) in [4.78, 5) is 0. The van der Waals surface area contributed by atoms with E-state index in [9.17, 15) is 5.11 Å². The predicted molar refractivity (Wildman–Crippen MR) is 82.7 cm³/mol. The molecule has 0 aromatic heterocycles. The topological polar surface area (TPSA) is 32.3 Å². The molecule has 0 aliphatic rings. The van der Waals surface area contributed by atoms with Gasteiger partial charge in [0.2, 0.25) is 0 Å². The Kier molecular flexibility index (Phi) is 6.67. The zero-order chi connectivity index (χ0) is 14.4. The maximum absolute atomic E-state index is 9.60. The fourth-order valence-corrected chi connectivity index (χ4v) is 2.55. The van der Waals surface area contributed by atoms with Crippen molar-refractivity contribution in [1.29, 1.82) is 0 Å². The first kappa shape index (κ1) is 16.3. The molecule has 0 fully saturated rings. The number of rotatable bonds is 7. The summed E-state index contributed by atoms with van der Waals surface area (Å²) in [6.45, 7) is 9.69. The first-order chi connectivity index (χ1) is 8.90. The zero-order valence-corrected chi connectivity index (χ0v) is 13.2. The molecule has 1 aromatic rings. The Labute approximate surface area is 122 Å². The minimum absolute atomic E-state index is 0.158. The lowest BCUT2D eigenvalue weighted by molar-refractivity contribution is 0.358. The van der Waals surface area contributed by atoms with Gasteiger partial charge in [0.15, 0.2) is 0 Å². The summed E-state index contributed by atoms with van der Waals surface area (Å²) in [7, 11) is 0. The predicted octanol–water partition coefficient (Wildman–Crippen LogP) is 4.60. The van der Waals surface area contributed by atoms with Gasteiger partial charge in [-0.3, -0.25) is 0 Å².